The van der Waals surface area contributed by atoms with Crippen LogP contribution in [0.3, 0.4) is 0 Å². The Morgan fingerprint density at radius 2 is 1.82 bits per heavy atom. The van der Waals surface area contributed by atoms with Crippen molar-refractivity contribution in [2.45, 2.75) is 50.0 Å². The summed E-state index contributed by atoms with van der Waals surface area (Å²) < 4.78 is 33.0. The smallest absolute Gasteiger partial charge is 0.293 e. The summed E-state index contributed by atoms with van der Waals surface area (Å²) >= 11 is 0. The number of nitrogens with zero attached hydrogens (tertiary/aromatic N) is 3. The van der Waals surface area contributed by atoms with Crippen molar-refractivity contribution in [3.8, 4) is 0 Å². The first-order valence-corrected chi connectivity index (χ1v) is 11.3. The number of benzene rings is 1. The summed E-state index contributed by atoms with van der Waals surface area (Å²) in [6.45, 7) is 4.28. The van der Waals surface area contributed by atoms with E-state index in [2.05, 4.69) is 6.92 Å². The highest BCUT2D eigenvalue weighted by atomic mass is 32.2. The Bertz CT molecular complexity index is 806. The highest BCUT2D eigenvalue weighted by Crippen LogP contribution is 2.35. The Morgan fingerprint density at radius 1 is 1.14 bits per heavy atom. The molecule has 3 rings (SSSR count). The SMILES string of the molecule is COC1CN(c2ccc(S(=O)(=O)N3CCCCCC3)cc2[N+](=O)[O-])CCC1C. The van der Waals surface area contributed by atoms with E-state index in [4.69, 9.17) is 4.74 Å². The first-order valence-electron chi connectivity index (χ1n) is 9.91. The van der Waals surface area contributed by atoms with Crippen molar-refractivity contribution >= 4 is 21.4 Å². The van der Waals surface area contributed by atoms with Crippen LogP contribution in [-0.4, -0.2) is 57.0 Å². The molecule has 2 atom stereocenters. The van der Waals surface area contributed by atoms with E-state index in [9.17, 15) is 18.5 Å². The number of hydrogen-bond donors (Lipinski definition) is 0. The van der Waals surface area contributed by atoms with E-state index in [1.54, 1.807) is 13.2 Å². The lowest BCUT2D eigenvalue weighted by atomic mass is 9.95. The zero-order chi connectivity index (χ0) is 20.3. The van der Waals surface area contributed by atoms with Gasteiger partial charge in [0, 0.05) is 39.4 Å². The number of methoxy groups -OCH3 is 1. The van der Waals surface area contributed by atoms with Crippen molar-refractivity contribution in [3.63, 3.8) is 0 Å². The maximum Gasteiger partial charge on any atom is 0.293 e. The molecule has 1 aromatic carbocycles. The number of piperidine rings is 1. The fourth-order valence-electron chi connectivity index (χ4n) is 4.07. The van der Waals surface area contributed by atoms with Gasteiger partial charge in [-0.15, -0.1) is 0 Å². The molecule has 0 radical (unpaired) electrons. The molecule has 0 spiro atoms. The fourth-order valence-corrected chi connectivity index (χ4v) is 5.61. The molecule has 0 aromatic heterocycles. The van der Waals surface area contributed by atoms with Crippen LogP contribution < -0.4 is 4.90 Å². The Morgan fingerprint density at radius 3 is 2.43 bits per heavy atom. The second kappa shape index (κ2) is 8.75. The Balaban J connectivity index is 1.92. The van der Waals surface area contributed by atoms with Gasteiger partial charge in [0.15, 0.2) is 0 Å². The Hall–Kier alpha value is -1.71. The predicted molar refractivity (Wildman–Crippen MR) is 107 cm³/mol. The van der Waals surface area contributed by atoms with Crippen molar-refractivity contribution in [1.29, 1.82) is 0 Å². The van der Waals surface area contributed by atoms with Crippen molar-refractivity contribution in [2.24, 2.45) is 5.92 Å². The standard InChI is InChI=1S/C19H29N3O5S/c1-15-9-12-20(14-19(15)27-2)17-8-7-16(13-18(17)22(23)24)28(25,26)21-10-5-3-4-6-11-21/h7-8,13,15,19H,3-6,9-12,14H2,1-2H3. The van der Waals surface area contributed by atoms with Crippen LogP contribution in [-0.2, 0) is 14.8 Å². The summed E-state index contributed by atoms with van der Waals surface area (Å²) in [5.41, 5.74) is 0.286. The molecular weight excluding hydrogens is 382 g/mol. The molecule has 2 saturated heterocycles. The van der Waals surface area contributed by atoms with E-state index >= 15 is 0 Å². The predicted octanol–water partition coefficient (Wildman–Crippen LogP) is 3.02. The molecule has 0 bridgehead atoms. The topological polar surface area (TPSA) is 93.0 Å². The van der Waals surface area contributed by atoms with E-state index < -0.39 is 14.9 Å². The van der Waals surface area contributed by atoms with Crippen LogP contribution in [0.5, 0.6) is 0 Å². The molecule has 0 N–H and O–H groups in total. The summed E-state index contributed by atoms with van der Waals surface area (Å²) in [4.78, 5) is 13.2. The third-order valence-corrected chi connectivity index (χ3v) is 7.77. The average molecular weight is 412 g/mol. The summed E-state index contributed by atoms with van der Waals surface area (Å²) in [6.07, 6.45) is 4.53. The van der Waals surface area contributed by atoms with Crippen LogP contribution in [0, 0.1) is 16.0 Å². The van der Waals surface area contributed by atoms with Crippen LogP contribution in [0.15, 0.2) is 23.1 Å². The van der Waals surface area contributed by atoms with Gasteiger partial charge in [-0.2, -0.15) is 4.31 Å². The van der Waals surface area contributed by atoms with E-state index in [0.717, 1.165) is 32.1 Å². The van der Waals surface area contributed by atoms with Crippen LogP contribution in [0.2, 0.25) is 0 Å². The minimum absolute atomic E-state index is 0.00137. The van der Waals surface area contributed by atoms with Crippen LogP contribution in [0.25, 0.3) is 0 Å². The summed E-state index contributed by atoms with van der Waals surface area (Å²) in [6, 6.07) is 4.29. The maximum absolute atomic E-state index is 13.0. The molecule has 2 unspecified atom stereocenters. The molecule has 0 aliphatic carbocycles. The third-order valence-electron chi connectivity index (χ3n) is 5.88. The second-order valence-electron chi connectivity index (χ2n) is 7.71. The van der Waals surface area contributed by atoms with Crippen molar-refractivity contribution < 1.29 is 18.1 Å². The summed E-state index contributed by atoms with van der Waals surface area (Å²) in [5, 5.41) is 11.7. The number of ether oxygens (including phenoxy) is 1. The zero-order valence-electron chi connectivity index (χ0n) is 16.5. The van der Waals surface area contributed by atoms with Crippen molar-refractivity contribution in [3.05, 3.63) is 28.3 Å². The van der Waals surface area contributed by atoms with E-state index in [1.165, 1.54) is 16.4 Å². The zero-order valence-corrected chi connectivity index (χ0v) is 17.4. The lowest BCUT2D eigenvalue weighted by Gasteiger charge is -2.37. The van der Waals surface area contributed by atoms with Gasteiger partial charge >= 0.3 is 0 Å². The van der Waals surface area contributed by atoms with Gasteiger partial charge < -0.3 is 9.64 Å². The van der Waals surface area contributed by atoms with E-state index in [-0.39, 0.29) is 16.7 Å². The van der Waals surface area contributed by atoms with E-state index in [1.807, 2.05) is 4.90 Å². The molecule has 8 nitrogen and oxygen atoms in total. The highest BCUT2D eigenvalue weighted by Gasteiger charge is 2.32. The number of anilines is 1. The third kappa shape index (κ3) is 4.31. The number of sulfonamides is 1. The van der Waals surface area contributed by atoms with Gasteiger partial charge in [0.25, 0.3) is 5.69 Å². The molecule has 2 aliphatic heterocycles. The monoisotopic (exact) mass is 411 g/mol. The minimum Gasteiger partial charge on any atom is -0.379 e. The largest absolute Gasteiger partial charge is 0.379 e. The van der Waals surface area contributed by atoms with E-state index in [0.29, 0.717) is 37.8 Å². The summed E-state index contributed by atoms with van der Waals surface area (Å²) in [7, 11) is -2.08. The minimum atomic E-state index is -3.73. The fraction of sp³-hybridized carbons (Fsp3) is 0.684. The number of nitro benzene ring substituents is 1. The first kappa shape index (κ1) is 21.0. The highest BCUT2D eigenvalue weighted by molar-refractivity contribution is 7.89. The summed E-state index contributed by atoms with van der Waals surface area (Å²) in [5.74, 6) is 0.378. The average Bonchev–Trinajstić information content (AvgIpc) is 2.98. The molecular formula is C19H29N3O5S. The molecule has 1 aromatic rings. The molecule has 0 amide bonds. The maximum atomic E-state index is 13.0. The van der Waals surface area contributed by atoms with Crippen molar-refractivity contribution in [2.75, 3.05) is 38.2 Å². The van der Waals surface area contributed by atoms with Crippen LogP contribution in [0.1, 0.15) is 39.0 Å². The molecule has 28 heavy (non-hydrogen) atoms. The lowest BCUT2D eigenvalue weighted by molar-refractivity contribution is -0.384. The lowest BCUT2D eigenvalue weighted by Crippen LogP contribution is -2.44. The van der Waals surface area contributed by atoms with Crippen LogP contribution in [0.4, 0.5) is 11.4 Å². The molecule has 2 fully saturated rings. The number of nitro groups is 1. The molecule has 9 heteroatoms. The van der Waals surface area contributed by atoms with Gasteiger partial charge in [-0.25, -0.2) is 8.42 Å². The molecule has 2 aliphatic rings. The first-order chi connectivity index (χ1) is 13.3. The quantitative estimate of drug-likeness (QED) is 0.546. The van der Waals surface area contributed by atoms with Gasteiger partial charge in [0.1, 0.15) is 5.69 Å². The van der Waals surface area contributed by atoms with Gasteiger partial charge in [-0.3, -0.25) is 10.1 Å². The molecule has 0 saturated carbocycles. The normalized spacial score (nSPS) is 24.7. The van der Waals surface area contributed by atoms with Gasteiger partial charge in [-0.1, -0.05) is 19.8 Å². The molecule has 2 heterocycles. The van der Waals surface area contributed by atoms with Gasteiger partial charge in [-0.05, 0) is 37.3 Å². The van der Waals surface area contributed by atoms with Gasteiger partial charge in [0.05, 0.1) is 15.9 Å². The van der Waals surface area contributed by atoms with Crippen molar-refractivity contribution in [1.82, 2.24) is 4.31 Å². The Labute approximate surface area is 166 Å². The number of hydrogen-bond acceptors (Lipinski definition) is 6. The Kier molecular flexibility index (Phi) is 6.57. The second-order valence-corrected chi connectivity index (χ2v) is 9.65. The molecule has 156 valence electrons. The van der Waals surface area contributed by atoms with Gasteiger partial charge in [0.2, 0.25) is 10.0 Å². The number of rotatable bonds is 5. The van der Waals surface area contributed by atoms with Crippen LogP contribution >= 0.6 is 0 Å².